The lowest BCUT2D eigenvalue weighted by atomic mass is 10.0. The molecule has 0 saturated carbocycles. The Morgan fingerprint density at radius 3 is 2.62 bits per heavy atom. The summed E-state index contributed by atoms with van der Waals surface area (Å²) in [6.07, 6.45) is 3.02. The maximum absolute atomic E-state index is 14.0. The van der Waals surface area contributed by atoms with E-state index in [1.165, 1.54) is 12.1 Å². The van der Waals surface area contributed by atoms with Gasteiger partial charge in [-0.25, -0.2) is 8.78 Å². The van der Waals surface area contributed by atoms with Crippen LogP contribution in [0.15, 0.2) is 16.6 Å². The van der Waals surface area contributed by atoms with Crippen LogP contribution in [0, 0.1) is 11.6 Å². The van der Waals surface area contributed by atoms with Crippen LogP contribution in [-0.2, 0) is 11.2 Å². The van der Waals surface area contributed by atoms with E-state index >= 15 is 0 Å². The Hall–Kier alpha value is -0.520. The minimum Gasteiger partial charge on any atom is -0.381 e. The molecule has 1 aromatic rings. The molecule has 1 atom stereocenters. The van der Waals surface area contributed by atoms with Gasteiger partial charge in [0.15, 0.2) is 0 Å². The molecule has 0 saturated heterocycles. The lowest BCUT2D eigenvalue weighted by Gasteiger charge is -2.19. The first-order valence-electron chi connectivity index (χ1n) is 7.53. The first-order valence-corrected chi connectivity index (χ1v) is 8.32. The highest BCUT2D eigenvalue weighted by Gasteiger charge is 2.17. The molecule has 0 aliphatic heterocycles. The van der Waals surface area contributed by atoms with Crippen LogP contribution in [0.2, 0.25) is 0 Å². The van der Waals surface area contributed by atoms with Crippen LogP contribution >= 0.6 is 15.9 Å². The van der Waals surface area contributed by atoms with Crippen molar-refractivity contribution in [3.63, 3.8) is 0 Å². The van der Waals surface area contributed by atoms with E-state index in [1.807, 2.05) is 0 Å². The lowest BCUT2D eigenvalue weighted by molar-refractivity contribution is 0.124. The second-order valence-electron chi connectivity index (χ2n) is 5.08. The third-order valence-corrected chi connectivity index (χ3v) is 3.84. The Balaban J connectivity index is 2.68. The highest BCUT2D eigenvalue weighted by atomic mass is 79.9. The molecule has 0 fully saturated rings. The summed E-state index contributed by atoms with van der Waals surface area (Å²) in [6.45, 7) is 6.28. The largest absolute Gasteiger partial charge is 0.381 e. The van der Waals surface area contributed by atoms with E-state index in [0.29, 0.717) is 17.5 Å². The standard InChI is InChI=1S/C16H24BrF2NO/c1-3-8-20-12(7-10-21-9-4-2)11-13-15(18)6-5-14(17)16(13)19/h5-6,12,20H,3-4,7-11H2,1-2H3. The van der Waals surface area contributed by atoms with Crippen LogP contribution < -0.4 is 5.32 Å². The van der Waals surface area contributed by atoms with E-state index in [9.17, 15) is 8.78 Å². The van der Waals surface area contributed by atoms with Gasteiger partial charge in [-0.2, -0.15) is 0 Å². The van der Waals surface area contributed by atoms with Crippen molar-refractivity contribution in [1.82, 2.24) is 5.32 Å². The van der Waals surface area contributed by atoms with Crippen LogP contribution in [0.25, 0.3) is 0 Å². The molecule has 0 heterocycles. The summed E-state index contributed by atoms with van der Waals surface area (Å²) in [6, 6.07) is 2.71. The zero-order valence-corrected chi connectivity index (χ0v) is 14.3. The maximum Gasteiger partial charge on any atom is 0.143 e. The Bertz CT molecular complexity index is 429. The third-order valence-electron chi connectivity index (χ3n) is 3.23. The highest BCUT2D eigenvalue weighted by molar-refractivity contribution is 9.10. The zero-order chi connectivity index (χ0) is 15.7. The number of nitrogens with one attached hydrogen (secondary N) is 1. The molecular weight excluding hydrogens is 340 g/mol. The summed E-state index contributed by atoms with van der Waals surface area (Å²) in [7, 11) is 0. The predicted octanol–water partition coefficient (Wildman–Crippen LogP) is 4.45. The van der Waals surface area contributed by atoms with Crippen LogP contribution in [-0.4, -0.2) is 25.8 Å². The second kappa shape index (κ2) is 10.2. The van der Waals surface area contributed by atoms with E-state index in [1.54, 1.807) is 0 Å². The molecule has 1 unspecified atom stereocenters. The van der Waals surface area contributed by atoms with E-state index < -0.39 is 11.6 Å². The molecule has 0 aliphatic carbocycles. The van der Waals surface area contributed by atoms with E-state index in [-0.39, 0.29) is 11.6 Å². The molecular formula is C16H24BrF2NO. The SMILES string of the molecule is CCCNC(CCOCCC)Cc1c(F)ccc(Br)c1F. The summed E-state index contributed by atoms with van der Waals surface area (Å²) < 4.78 is 33.7. The Kier molecular flexibility index (Phi) is 9.04. The van der Waals surface area contributed by atoms with Gasteiger partial charge in [-0.1, -0.05) is 13.8 Å². The molecule has 0 amide bonds. The van der Waals surface area contributed by atoms with Gasteiger partial charge in [0.2, 0.25) is 0 Å². The minimum absolute atomic E-state index is 0.0140. The smallest absolute Gasteiger partial charge is 0.143 e. The van der Waals surface area contributed by atoms with Crippen molar-refractivity contribution in [1.29, 1.82) is 0 Å². The van der Waals surface area contributed by atoms with Crippen molar-refractivity contribution in [2.45, 2.75) is 45.6 Å². The monoisotopic (exact) mass is 363 g/mol. The van der Waals surface area contributed by atoms with E-state index in [2.05, 4.69) is 35.1 Å². The quantitative estimate of drug-likeness (QED) is 0.489. The molecule has 0 radical (unpaired) electrons. The van der Waals surface area contributed by atoms with Crippen LogP contribution in [0.5, 0.6) is 0 Å². The molecule has 1 rings (SSSR count). The molecule has 2 nitrogen and oxygen atoms in total. The third kappa shape index (κ3) is 6.41. The zero-order valence-electron chi connectivity index (χ0n) is 12.7. The summed E-state index contributed by atoms with van der Waals surface area (Å²) >= 11 is 3.11. The van der Waals surface area contributed by atoms with Crippen molar-refractivity contribution >= 4 is 15.9 Å². The van der Waals surface area contributed by atoms with Crippen LogP contribution in [0.3, 0.4) is 0 Å². The fourth-order valence-corrected chi connectivity index (χ4v) is 2.47. The molecule has 0 aliphatic rings. The molecule has 1 N–H and O–H groups in total. The number of rotatable bonds is 10. The van der Waals surface area contributed by atoms with Crippen molar-refractivity contribution in [3.8, 4) is 0 Å². The van der Waals surface area contributed by atoms with Gasteiger partial charge in [0.1, 0.15) is 11.6 Å². The lowest BCUT2D eigenvalue weighted by Crippen LogP contribution is -2.33. The topological polar surface area (TPSA) is 21.3 Å². The number of hydrogen-bond donors (Lipinski definition) is 1. The average Bonchev–Trinajstić information content (AvgIpc) is 2.48. The Labute approximate surface area is 134 Å². The Morgan fingerprint density at radius 1 is 1.19 bits per heavy atom. The fraction of sp³-hybridized carbons (Fsp3) is 0.625. The molecule has 120 valence electrons. The predicted molar refractivity (Wildman–Crippen MR) is 85.6 cm³/mol. The molecule has 0 bridgehead atoms. The van der Waals surface area contributed by atoms with Crippen molar-refractivity contribution < 1.29 is 13.5 Å². The van der Waals surface area contributed by atoms with Gasteiger partial charge in [-0.15, -0.1) is 0 Å². The normalized spacial score (nSPS) is 12.6. The van der Waals surface area contributed by atoms with Gasteiger partial charge < -0.3 is 10.1 Å². The first-order chi connectivity index (χ1) is 10.1. The molecule has 0 aromatic heterocycles. The molecule has 0 spiro atoms. The van der Waals surface area contributed by atoms with Crippen molar-refractivity contribution in [2.75, 3.05) is 19.8 Å². The van der Waals surface area contributed by atoms with Gasteiger partial charge in [0.05, 0.1) is 4.47 Å². The summed E-state index contributed by atoms with van der Waals surface area (Å²) in [4.78, 5) is 0. The molecule has 1 aromatic carbocycles. The van der Waals surface area contributed by atoms with Crippen LogP contribution in [0.1, 0.15) is 38.7 Å². The van der Waals surface area contributed by atoms with E-state index in [0.717, 1.165) is 32.4 Å². The van der Waals surface area contributed by atoms with Crippen molar-refractivity contribution in [2.24, 2.45) is 0 Å². The van der Waals surface area contributed by atoms with Gasteiger partial charge in [-0.05, 0) is 60.3 Å². The average molecular weight is 364 g/mol. The number of hydrogen-bond acceptors (Lipinski definition) is 2. The summed E-state index contributed by atoms with van der Waals surface area (Å²) in [5.74, 6) is -0.999. The van der Waals surface area contributed by atoms with Gasteiger partial charge in [0.25, 0.3) is 0 Å². The van der Waals surface area contributed by atoms with Gasteiger partial charge >= 0.3 is 0 Å². The molecule has 5 heteroatoms. The van der Waals surface area contributed by atoms with Gasteiger partial charge in [-0.3, -0.25) is 0 Å². The van der Waals surface area contributed by atoms with Gasteiger partial charge in [0, 0.05) is 24.8 Å². The maximum atomic E-state index is 14.0. The summed E-state index contributed by atoms with van der Waals surface area (Å²) in [5, 5.41) is 3.34. The first kappa shape index (κ1) is 18.5. The minimum atomic E-state index is -0.507. The number of benzene rings is 1. The number of halogens is 3. The Morgan fingerprint density at radius 2 is 1.95 bits per heavy atom. The highest BCUT2D eigenvalue weighted by Crippen LogP contribution is 2.23. The second-order valence-corrected chi connectivity index (χ2v) is 5.93. The summed E-state index contributed by atoms with van der Waals surface area (Å²) in [5.41, 5.74) is 0.133. The number of ether oxygens (including phenoxy) is 1. The van der Waals surface area contributed by atoms with Crippen LogP contribution in [0.4, 0.5) is 8.78 Å². The van der Waals surface area contributed by atoms with E-state index in [4.69, 9.17) is 4.74 Å². The van der Waals surface area contributed by atoms with Crippen molar-refractivity contribution in [3.05, 3.63) is 33.8 Å². The fourth-order valence-electron chi connectivity index (χ4n) is 2.10. The molecule has 21 heavy (non-hydrogen) atoms.